The Morgan fingerprint density at radius 3 is 2.91 bits per heavy atom. The van der Waals surface area contributed by atoms with Gasteiger partial charge in [-0.2, -0.15) is 4.68 Å². The lowest BCUT2D eigenvalue weighted by Gasteiger charge is -2.07. The molecule has 0 spiro atoms. The molecule has 2 aromatic rings. The molecule has 8 heteroatoms. The molecule has 0 fully saturated rings. The van der Waals surface area contributed by atoms with Crippen LogP contribution in [0, 0.1) is 5.92 Å². The zero-order valence-corrected chi connectivity index (χ0v) is 13.2. The monoisotopic (exact) mass is 307 g/mol. The zero-order valence-electron chi connectivity index (χ0n) is 13.2. The number of nitrogens with zero attached hydrogens (tertiary/aromatic N) is 5. The minimum atomic E-state index is -0.575. The standard InChI is InChI=1S/C14H21N5O3/c1-4-10(2)7-5-6-8-22-13(20)11-12-16-17-18(3)14(21)19(12)9-15-11/h9-10H,4-8H2,1-3H3. The van der Waals surface area contributed by atoms with Gasteiger partial charge < -0.3 is 4.74 Å². The first-order valence-electron chi connectivity index (χ1n) is 7.48. The Morgan fingerprint density at radius 1 is 1.41 bits per heavy atom. The summed E-state index contributed by atoms with van der Waals surface area (Å²) in [6.45, 7) is 4.72. The van der Waals surface area contributed by atoms with Gasteiger partial charge in [0.25, 0.3) is 0 Å². The van der Waals surface area contributed by atoms with Crippen LogP contribution in [-0.4, -0.2) is 37.0 Å². The van der Waals surface area contributed by atoms with Gasteiger partial charge in [0.1, 0.15) is 6.33 Å². The fourth-order valence-corrected chi connectivity index (χ4v) is 2.06. The molecule has 0 aromatic carbocycles. The Kier molecular flexibility index (Phi) is 5.24. The summed E-state index contributed by atoms with van der Waals surface area (Å²) in [5.41, 5.74) is -0.273. The van der Waals surface area contributed by atoms with E-state index in [1.54, 1.807) is 0 Å². The second-order valence-electron chi connectivity index (χ2n) is 5.43. The number of rotatable bonds is 7. The summed E-state index contributed by atoms with van der Waals surface area (Å²) >= 11 is 0. The molecule has 1 unspecified atom stereocenters. The molecule has 0 N–H and O–H groups in total. The van der Waals surface area contributed by atoms with Crippen LogP contribution in [0.1, 0.15) is 50.0 Å². The number of unbranched alkanes of at least 4 members (excludes halogenated alkanes) is 1. The van der Waals surface area contributed by atoms with Crippen LogP contribution in [0.5, 0.6) is 0 Å². The number of fused-ring (bicyclic) bond motifs is 1. The van der Waals surface area contributed by atoms with Gasteiger partial charge in [-0.15, -0.1) is 5.10 Å². The van der Waals surface area contributed by atoms with Crippen molar-refractivity contribution in [1.29, 1.82) is 0 Å². The fourth-order valence-electron chi connectivity index (χ4n) is 2.06. The van der Waals surface area contributed by atoms with Crippen molar-refractivity contribution in [2.45, 2.75) is 39.5 Å². The summed E-state index contributed by atoms with van der Waals surface area (Å²) in [7, 11) is 1.48. The molecular formula is C14H21N5O3. The van der Waals surface area contributed by atoms with E-state index in [2.05, 4.69) is 29.1 Å². The average Bonchev–Trinajstić information content (AvgIpc) is 2.94. The molecule has 8 nitrogen and oxygen atoms in total. The van der Waals surface area contributed by atoms with Crippen molar-refractivity contribution in [3.05, 3.63) is 22.5 Å². The van der Waals surface area contributed by atoms with Crippen molar-refractivity contribution >= 4 is 11.6 Å². The first-order valence-corrected chi connectivity index (χ1v) is 7.48. The topological polar surface area (TPSA) is 91.4 Å². The number of esters is 1. The first-order chi connectivity index (χ1) is 10.5. The summed E-state index contributed by atoms with van der Waals surface area (Å²) in [4.78, 5) is 27.7. The molecule has 0 aliphatic heterocycles. The van der Waals surface area contributed by atoms with E-state index in [-0.39, 0.29) is 11.3 Å². The molecule has 0 aliphatic rings. The summed E-state index contributed by atoms with van der Waals surface area (Å²) in [6, 6.07) is 0. The maximum Gasteiger partial charge on any atom is 0.360 e. The first kappa shape index (κ1) is 16.1. The van der Waals surface area contributed by atoms with Gasteiger partial charge in [-0.25, -0.2) is 19.0 Å². The van der Waals surface area contributed by atoms with E-state index in [1.165, 1.54) is 17.8 Å². The van der Waals surface area contributed by atoms with Gasteiger partial charge in [0.05, 0.1) is 6.61 Å². The molecule has 120 valence electrons. The normalized spacial score (nSPS) is 12.5. The molecule has 2 heterocycles. The molecule has 2 rings (SSSR count). The van der Waals surface area contributed by atoms with E-state index >= 15 is 0 Å². The van der Waals surface area contributed by atoms with E-state index in [1.807, 2.05) is 0 Å². The predicted octanol–water partition coefficient (Wildman–Crippen LogP) is 1.20. The van der Waals surface area contributed by atoms with Crippen LogP contribution in [0.3, 0.4) is 0 Å². The minimum absolute atomic E-state index is 0.0205. The molecule has 22 heavy (non-hydrogen) atoms. The lowest BCUT2D eigenvalue weighted by molar-refractivity contribution is 0.0492. The molecule has 0 aliphatic carbocycles. The van der Waals surface area contributed by atoms with E-state index in [4.69, 9.17) is 4.74 Å². The number of carbonyl (C=O) groups is 1. The smallest absolute Gasteiger partial charge is 0.360 e. The Hall–Kier alpha value is -2.25. The highest BCUT2D eigenvalue weighted by atomic mass is 16.5. The lowest BCUT2D eigenvalue weighted by Crippen LogP contribution is -2.27. The van der Waals surface area contributed by atoms with Crippen molar-refractivity contribution in [2.24, 2.45) is 13.0 Å². The van der Waals surface area contributed by atoms with Crippen LogP contribution in [0.2, 0.25) is 0 Å². The zero-order chi connectivity index (χ0) is 16.1. The van der Waals surface area contributed by atoms with Crippen molar-refractivity contribution in [3.63, 3.8) is 0 Å². The van der Waals surface area contributed by atoms with Gasteiger partial charge in [0.2, 0.25) is 0 Å². The van der Waals surface area contributed by atoms with Gasteiger partial charge in [-0.1, -0.05) is 31.9 Å². The van der Waals surface area contributed by atoms with Gasteiger partial charge in [0, 0.05) is 7.05 Å². The highest BCUT2D eigenvalue weighted by Crippen LogP contribution is 2.11. The second-order valence-corrected chi connectivity index (χ2v) is 5.43. The number of hydrogen-bond donors (Lipinski definition) is 0. The number of ether oxygens (including phenoxy) is 1. The highest BCUT2D eigenvalue weighted by molar-refractivity contribution is 5.93. The molecule has 0 saturated heterocycles. The van der Waals surface area contributed by atoms with Crippen molar-refractivity contribution in [2.75, 3.05) is 6.61 Å². The van der Waals surface area contributed by atoms with E-state index < -0.39 is 11.7 Å². The third-order valence-corrected chi connectivity index (χ3v) is 3.71. The van der Waals surface area contributed by atoms with Gasteiger partial charge in [-0.05, 0) is 18.8 Å². The number of imidazole rings is 1. The molecular weight excluding hydrogens is 286 g/mol. The van der Waals surface area contributed by atoms with Crippen LogP contribution in [0.25, 0.3) is 5.65 Å². The van der Waals surface area contributed by atoms with Gasteiger partial charge in [0.15, 0.2) is 11.3 Å². The maximum absolute atomic E-state index is 12.0. The summed E-state index contributed by atoms with van der Waals surface area (Å²) in [5.74, 6) is 0.118. The average molecular weight is 307 g/mol. The summed E-state index contributed by atoms with van der Waals surface area (Å²) in [5, 5.41) is 7.46. The third kappa shape index (κ3) is 3.49. The maximum atomic E-state index is 12.0. The molecule has 0 radical (unpaired) electrons. The van der Waals surface area contributed by atoms with Crippen LogP contribution in [0.4, 0.5) is 0 Å². The molecule has 2 aromatic heterocycles. The van der Waals surface area contributed by atoms with Crippen molar-refractivity contribution in [1.82, 2.24) is 24.4 Å². The predicted molar refractivity (Wildman–Crippen MR) is 79.6 cm³/mol. The highest BCUT2D eigenvalue weighted by Gasteiger charge is 2.18. The quantitative estimate of drug-likeness (QED) is 0.564. The number of aromatic nitrogens is 5. The molecule has 0 amide bonds. The van der Waals surface area contributed by atoms with Crippen LogP contribution >= 0.6 is 0 Å². The van der Waals surface area contributed by atoms with Gasteiger partial charge in [-0.3, -0.25) is 0 Å². The Balaban J connectivity index is 1.94. The van der Waals surface area contributed by atoms with E-state index in [0.29, 0.717) is 12.5 Å². The molecule has 0 bridgehead atoms. The Bertz CT molecular complexity index is 706. The molecule has 1 atom stereocenters. The summed E-state index contributed by atoms with van der Waals surface area (Å²) in [6.07, 6.45) is 5.38. The van der Waals surface area contributed by atoms with Crippen molar-refractivity contribution < 1.29 is 9.53 Å². The third-order valence-electron chi connectivity index (χ3n) is 3.71. The van der Waals surface area contributed by atoms with Gasteiger partial charge >= 0.3 is 11.7 Å². The lowest BCUT2D eigenvalue weighted by atomic mass is 10.0. The Morgan fingerprint density at radius 2 is 2.18 bits per heavy atom. The number of aryl methyl sites for hydroxylation is 1. The van der Waals surface area contributed by atoms with Crippen LogP contribution in [-0.2, 0) is 11.8 Å². The summed E-state index contributed by atoms with van der Waals surface area (Å²) < 4.78 is 7.43. The van der Waals surface area contributed by atoms with Crippen LogP contribution < -0.4 is 5.69 Å². The van der Waals surface area contributed by atoms with E-state index in [9.17, 15) is 9.59 Å². The van der Waals surface area contributed by atoms with Crippen LogP contribution in [0.15, 0.2) is 11.1 Å². The molecule has 0 saturated carbocycles. The van der Waals surface area contributed by atoms with Crippen molar-refractivity contribution in [3.8, 4) is 0 Å². The number of carbonyl (C=O) groups excluding carboxylic acids is 1. The number of hydrogen-bond acceptors (Lipinski definition) is 6. The minimum Gasteiger partial charge on any atom is -0.461 e. The fraction of sp³-hybridized carbons (Fsp3) is 0.643. The van der Waals surface area contributed by atoms with E-state index in [0.717, 1.165) is 30.4 Å². The largest absolute Gasteiger partial charge is 0.461 e. The SMILES string of the molecule is CCC(C)CCCCOC(=O)c1ncn2c(=O)n(C)nnc12. The Labute approximate surface area is 128 Å². The second kappa shape index (κ2) is 7.15.